The number of hydrogen-bond donors (Lipinski definition) is 0. The Morgan fingerprint density at radius 3 is 1.62 bits per heavy atom. The molecule has 0 saturated heterocycles. The number of rotatable bonds is 5. The molecular weight excluding hydrogens is 607 g/mol. The molecular formula is C48H31NO. The third-order valence-electron chi connectivity index (χ3n) is 9.98. The van der Waals surface area contributed by atoms with Crippen LogP contribution in [-0.4, -0.2) is 0 Å². The molecule has 0 radical (unpaired) electrons. The first-order valence-corrected chi connectivity index (χ1v) is 17.1. The molecule has 2 nitrogen and oxygen atoms in total. The highest BCUT2D eigenvalue weighted by Crippen LogP contribution is 2.45. The Kier molecular flexibility index (Phi) is 6.53. The van der Waals surface area contributed by atoms with E-state index < -0.39 is 0 Å². The lowest BCUT2D eigenvalue weighted by Gasteiger charge is -2.25. The molecule has 50 heavy (non-hydrogen) atoms. The second-order valence-corrected chi connectivity index (χ2v) is 13.0. The van der Waals surface area contributed by atoms with Crippen LogP contribution in [0.15, 0.2) is 192 Å². The summed E-state index contributed by atoms with van der Waals surface area (Å²) in [5, 5.41) is 9.57. The van der Waals surface area contributed by atoms with Crippen molar-refractivity contribution in [3.63, 3.8) is 0 Å². The molecule has 0 aliphatic carbocycles. The lowest BCUT2D eigenvalue weighted by Crippen LogP contribution is -2.09. The highest BCUT2D eigenvalue weighted by molar-refractivity contribution is 6.21. The van der Waals surface area contributed by atoms with Crippen molar-refractivity contribution in [3.05, 3.63) is 188 Å². The van der Waals surface area contributed by atoms with Crippen LogP contribution in [-0.2, 0) is 0 Å². The largest absolute Gasteiger partial charge is 0.456 e. The predicted molar refractivity (Wildman–Crippen MR) is 212 cm³/mol. The zero-order valence-corrected chi connectivity index (χ0v) is 27.3. The molecule has 10 rings (SSSR count). The maximum Gasteiger partial charge on any atom is 0.136 e. The SMILES string of the molecule is c1ccc(N(c2ccc(-c3ccc4ccccc4c3)cc2)c2ccc3oc4cc5ccccc5c(-c5ccc6ccccc6c5)c4c3c2)cc1. The van der Waals surface area contributed by atoms with Gasteiger partial charge < -0.3 is 9.32 Å². The number of anilines is 3. The highest BCUT2D eigenvalue weighted by atomic mass is 16.3. The normalized spacial score (nSPS) is 11.6. The van der Waals surface area contributed by atoms with Crippen LogP contribution < -0.4 is 4.90 Å². The Morgan fingerprint density at radius 2 is 0.880 bits per heavy atom. The smallest absolute Gasteiger partial charge is 0.136 e. The third kappa shape index (κ3) is 4.73. The lowest BCUT2D eigenvalue weighted by molar-refractivity contribution is 0.669. The van der Waals surface area contributed by atoms with Gasteiger partial charge in [0, 0.05) is 33.4 Å². The van der Waals surface area contributed by atoms with Gasteiger partial charge in [0.05, 0.1) is 0 Å². The van der Waals surface area contributed by atoms with Crippen LogP contribution in [0, 0.1) is 0 Å². The van der Waals surface area contributed by atoms with Crippen molar-refractivity contribution in [2.24, 2.45) is 0 Å². The summed E-state index contributed by atoms with van der Waals surface area (Å²) in [5.41, 5.74) is 9.81. The monoisotopic (exact) mass is 637 g/mol. The maximum absolute atomic E-state index is 6.63. The number of fused-ring (bicyclic) bond motifs is 6. The standard InChI is InChI=1S/C48H31NO/c1-2-15-40(16-3-1)49(41-24-22-34(23-25-41)37-20-18-32-10-4-6-12-35(32)28-37)42-26-27-45-44(31-42)48-46(50-45)30-38-14-8-9-17-43(38)47(48)39-21-19-33-11-5-7-13-36(33)29-39/h1-31H. The third-order valence-corrected chi connectivity index (χ3v) is 9.98. The summed E-state index contributed by atoms with van der Waals surface area (Å²) in [7, 11) is 0. The van der Waals surface area contributed by atoms with Gasteiger partial charge in [0.15, 0.2) is 0 Å². The summed E-state index contributed by atoms with van der Waals surface area (Å²) in [6.07, 6.45) is 0. The summed E-state index contributed by atoms with van der Waals surface area (Å²) in [6.45, 7) is 0. The van der Waals surface area contributed by atoms with E-state index in [4.69, 9.17) is 4.42 Å². The Labute approximate surface area is 290 Å². The van der Waals surface area contributed by atoms with Gasteiger partial charge in [-0.15, -0.1) is 0 Å². The fourth-order valence-corrected chi connectivity index (χ4v) is 7.57. The van der Waals surface area contributed by atoms with Crippen molar-refractivity contribution >= 4 is 71.3 Å². The molecule has 2 heteroatoms. The first-order valence-electron chi connectivity index (χ1n) is 17.1. The molecule has 1 heterocycles. The van der Waals surface area contributed by atoms with Crippen LogP contribution in [0.1, 0.15) is 0 Å². The number of furan rings is 1. The first-order chi connectivity index (χ1) is 24.8. The minimum Gasteiger partial charge on any atom is -0.456 e. The predicted octanol–water partition coefficient (Wildman–Crippen LogP) is 13.8. The van der Waals surface area contributed by atoms with Crippen molar-refractivity contribution in [2.45, 2.75) is 0 Å². The summed E-state index contributed by atoms with van der Waals surface area (Å²) < 4.78 is 6.63. The Morgan fingerprint density at radius 1 is 0.320 bits per heavy atom. The van der Waals surface area contributed by atoms with Crippen LogP contribution in [0.4, 0.5) is 17.1 Å². The minimum absolute atomic E-state index is 0.876. The zero-order valence-electron chi connectivity index (χ0n) is 27.3. The van der Waals surface area contributed by atoms with E-state index in [-0.39, 0.29) is 0 Å². The average Bonchev–Trinajstić information content (AvgIpc) is 3.54. The molecule has 0 aliphatic heterocycles. The Hall–Kier alpha value is -6.64. The summed E-state index contributed by atoms with van der Waals surface area (Å²) in [6, 6.07) is 67.5. The van der Waals surface area contributed by atoms with Gasteiger partial charge in [-0.05, 0) is 110 Å². The van der Waals surface area contributed by atoms with E-state index in [1.807, 2.05) is 0 Å². The molecule has 0 aliphatic rings. The van der Waals surface area contributed by atoms with E-state index in [9.17, 15) is 0 Å². The molecule has 9 aromatic carbocycles. The molecule has 0 bridgehead atoms. The van der Waals surface area contributed by atoms with Gasteiger partial charge in [0.1, 0.15) is 11.2 Å². The van der Waals surface area contributed by atoms with E-state index >= 15 is 0 Å². The molecule has 0 fully saturated rings. The van der Waals surface area contributed by atoms with Gasteiger partial charge in [-0.3, -0.25) is 0 Å². The Balaban J connectivity index is 1.16. The number of hydrogen-bond acceptors (Lipinski definition) is 2. The fourth-order valence-electron chi connectivity index (χ4n) is 7.57. The summed E-state index contributed by atoms with van der Waals surface area (Å²) in [4.78, 5) is 2.33. The van der Waals surface area contributed by atoms with Crippen molar-refractivity contribution in [3.8, 4) is 22.3 Å². The van der Waals surface area contributed by atoms with Crippen molar-refractivity contribution in [1.29, 1.82) is 0 Å². The Bertz CT molecular complexity index is 2870. The molecule has 0 saturated carbocycles. The maximum atomic E-state index is 6.63. The highest BCUT2D eigenvalue weighted by Gasteiger charge is 2.20. The first kappa shape index (κ1) is 28.4. The van der Waals surface area contributed by atoms with Crippen molar-refractivity contribution in [2.75, 3.05) is 4.90 Å². The molecule has 0 spiro atoms. The number of nitrogens with zero attached hydrogens (tertiary/aromatic N) is 1. The van der Waals surface area contributed by atoms with Gasteiger partial charge in [-0.1, -0.05) is 127 Å². The second-order valence-electron chi connectivity index (χ2n) is 13.0. The molecule has 0 amide bonds. The topological polar surface area (TPSA) is 16.4 Å². The minimum atomic E-state index is 0.876. The van der Waals surface area contributed by atoms with Crippen molar-refractivity contribution in [1.82, 2.24) is 0 Å². The average molecular weight is 638 g/mol. The van der Waals surface area contributed by atoms with Crippen LogP contribution in [0.2, 0.25) is 0 Å². The van der Waals surface area contributed by atoms with E-state index in [1.165, 1.54) is 54.6 Å². The van der Waals surface area contributed by atoms with Crippen molar-refractivity contribution < 1.29 is 4.42 Å². The van der Waals surface area contributed by atoms with Gasteiger partial charge in [0.2, 0.25) is 0 Å². The van der Waals surface area contributed by atoms with Crippen LogP contribution in [0.25, 0.3) is 76.5 Å². The van der Waals surface area contributed by atoms with Crippen LogP contribution in [0.5, 0.6) is 0 Å². The molecule has 10 aromatic rings. The number of benzene rings is 9. The van der Waals surface area contributed by atoms with Crippen LogP contribution in [0.3, 0.4) is 0 Å². The second kappa shape index (κ2) is 11.5. The molecule has 234 valence electrons. The molecule has 0 atom stereocenters. The molecule has 1 aromatic heterocycles. The lowest BCUT2D eigenvalue weighted by atomic mass is 9.92. The quantitative estimate of drug-likeness (QED) is 0.187. The summed E-state index contributed by atoms with van der Waals surface area (Å²) in [5.74, 6) is 0. The van der Waals surface area contributed by atoms with E-state index in [1.54, 1.807) is 0 Å². The van der Waals surface area contributed by atoms with Gasteiger partial charge in [0.25, 0.3) is 0 Å². The fraction of sp³-hybridized carbons (Fsp3) is 0. The van der Waals surface area contributed by atoms with E-state index in [0.717, 1.165) is 39.0 Å². The summed E-state index contributed by atoms with van der Waals surface area (Å²) >= 11 is 0. The molecule has 0 N–H and O–H groups in total. The van der Waals surface area contributed by atoms with Gasteiger partial charge >= 0.3 is 0 Å². The number of para-hydroxylation sites is 1. The van der Waals surface area contributed by atoms with Gasteiger partial charge in [-0.2, -0.15) is 0 Å². The van der Waals surface area contributed by atoms with E-state index in [2.05, 4.69) is 193 Å². The van der Waals surface area contributed by atoms with Crippen LogP contribution >= 0.6 is 0 Å². The van der Waals surface area contributed by atoms with E-state index in [0.29, 0.717) is 0 Å². The molecule has 0 unspecified atom stereocenters. The zero-order chi connectivity index (χ0) is 33.0. The van der Waals surface area contributed by atoms with Gasteiger partial charge in [-0.25, -0.2) is 0 Å².